The van der Waals surface area contributed by atoms with Crippen molar-refractivity contribution in [1.82, 2.24) is 9.62 Å². The first-order valence-electron chi connectivity index (χ1n) is 6.60. The van der Waals surface area contributed by atoms with Crippen LogP contribution in [0.3, 0.4) is 0 Å². The number of fused-ring (bicyclic) bond motifs is 1. The average Bonchev–Trinajstić information content (AvgIpc) is 2.70. The van der Waals surface area contributed by atoms with Gasteiger partial charge in [-0.3, -0.25) is 9.10 Å². The number of amides is 1. The predicted octanol–water partition coefficient (Wildman–Crippen LogP) is 0.681. The summed E-state index contributed by atoms with van der Waals surface area (Å²) in [7, 11) is -2.52. The van der Waals surface area contributed by atoms with E-state index in [0.29, 0.717) is 12.8 Å². The van der Waals surface area contributed by atoms with Crippen molar-refractivity contribution in [3.63, 3.8) is 0 Å². The van der Waals surface area contributed by atoms with Gasteiger partial charge in [-0.2, -0.15) is 8.42 Å². The number of carbonyl (C=O) groups is 1. The number of carbonyl (C=O) groups excluding carboxylic acids is 1. The van der Waals surface area contributed by atoms with Gasteiger partial charge in [-0.1, -0.05) is 0 Å². The second kappa shape index (κ2) is 4.25. The van der Waals surface area contributed by atoms with E-state index >= 15 is 0 Å². The fraction of sp³-hybridized carbons (Fsp3) is 0.667. The minimum absolute atomic E-state index is 0.0581. The lowest BCUT2D eigenvalue weighted by Crippen LogP contribution is -2.40. The fourth-order valence-electron chi connectivity index (χ4n) is 3.14. The van der Waals surface area contributed by atoms with Gasteiger partial charge < -0.3 is 5.32 Å². The largest absolute Gasteiger partial charge is 0.349 e. The molecule has 0 bridgehead atoms. The maximum absolute atomic E-state index is 13.3. The van der Waals surface area contributed by atoms with Crippen LogP contribution in [0.1, 0.15) is 19.8 Å². The number of rotatable bonds is 2. The van der Waals surface area contributed by atoms with Crippen molar-refractivity contribution in [2.75, 3.05) is 7.05 Å². The third-order valence-electron chi connectivity index (χ3n) is 4.36. The van der Waals surface area contributed by atoms with Crippen LogP contribution >= 0.6 is 0 Å². The molecule has 9 heteroatoms. The van der Waals surface area contributed by atoms with Crippen LogP contribution in [0.2, 0.25) is 0 Å². The van der Waals surface area contributed by atoms with Crippen molar-refractivity contribution in [2.45, 2.75) is 31.7 Å². The molecule has 3 atom stereocenters. The van der Waals surface area contributed by atoms with Crippen LogP contribution in [0.15, 0.2) is 16.2 Å². The summed E-state index contributed by atoms with van der Waals surface area (Å²) < 4.78 is 54.0. The van der Waals surface area contributed by atoms with Crippen LogP contribution in [0.5, 0.6) is 0 Å². The van der Waals surface area contributed by atoms with Crippen molar-refractivity contribution in [3.05, 3.63) is 11.8 Å². The topological polar surface area (TPSA) is 78.8 Å². The monoisotopic (exact) mass is 319 g/mol. The standard InChI is InChI=1S/C12H15F2N3O3S/c1-6-7(5-17(2)21(19,20)16-6)11(18)15-9-4-3-8-10(9)12(8,13)14/h5,8-10H,3-4H2,1-2H3,(H,15,18). The van der Waals surface area contributed by atoms with Gasteiger partial charge in [-0.05, 0) is 19.8 Å². The molecule has 3 unspecified atom stereocenters. The number of hydrogen-bond acceptors (Lipinski definition) is 3. The molecule has 0 aromatic carbocycles. The van der Waals surface area contributed by atoms with Crippen LogP contribution in [0.4, 0.5) is 8.78 Å². The molecule has 1 N–H and O–H groups in total. The Morgan fingerprint density at radius 3 is 2.71 bits per heavy atom. The summed E-state index contributed by atoms with van der Waals surface area (Å²) in [6, 6.07) is -0.560. The Hall–Kier alpha value is -1.51. The van der Waals surface area contributed by atoms with Crippen LogP contribution in [0, 0.1) is 11.8 Å². The summed E-state index contributed by atoms with van der Waals surface area (Å²) in [5, 5.41) is 2.58. The smallest absolute Gasteiger partial charge is 0.344 e. The van der Waals surface area contributed by atoms with Crippen molar-refractivity contribution >= 4 is 21.8 Å². The van der Waals surface area contributed by atoms with E-state index in [2.05, 4.69) is 9.71 Å². The molecular weight excluding hydrogens is 304 g/mol. The van der Waals surface area contributed by atoms with E-state index in [9.17, 15) is 22.0 Å². The Bertz CT molecular complexity index is 671. The molecule has 0 spiro atoms. The number of nitrogens with zero attached hydrogens (tertiary/aromatic N) is 2. The Kier molecular flexibility index (Phi) is 2.92. The molecule has 3 aliphatic rings. The van der Waals surface area contributed by atoms with E-state index in [1.165, 1.54) is 14.0 Å². The van der Waals surface area contributed by atoms with Gasteiger partial charge in [0.25, 0.3) is 11.8 Å². The Balaban J connectivity index is 1.74. The van der Waals surface area contributed by atoms with E-state index in [-0.39, 0.29) is 11.3 Å². The zero-order valence-electron chi connectivity index (χ0n) is 11.5. The Morgan fingerprint density at radius 1 is 1.48 bits per heavy atom. The lowest BCUT2D eigenvalue weighted by molar-refractivity contribution is -0.118. The lowest BCUT2D eigenvalue weighted by atomic mass is 10.1. The van der Waals surface area contributed by atoms with Crippen molar-refractivity contribution in [2.24, 2.45) is 16.2 Å². The highest BCUT2D eigenvalue weighted by Crippen LogP contribution is 2.64. The summed E-state index contributed by atoms with van der Waals surface area (Å²) in [5.74, 6) is -4.66. The van der Waals surface area contributed by atoms with Crippen molar-refractivity contribution in [1.29, 1.82) is 0 Å². The number of nitrogens with one attached hydrogen (secondary N) is 1. The quantitative estimate of drug-likeness (QED) is 0.813. The first-order valence-corrected chi connectivity index (χ1v) is 7.99. The molecule has 2 fully saturated rings. The van der Waals surface area contributed by atoms with Crippen LogP contribution in [-0.2, 0) is 15.0 Å². The van der Waals surface area contributed by atoms with Crippen molar-refractivity contribution < 1.29 is 22.0 Å². The molecule has 1 heterocycles. The predicted molar refractivity (Wildman–Crippen MR) is 71.0 cm³/mol. The molecule has 1 aliphatic heterocycles. The molecular formula is C12H15F2N3O3S. The first kappa shape index (κ1) is 14.4. The van der Waals surface area contributed by atoms with Gasteiger partial charge in [0.05, 0.1) is 17.2 Å². The third kappa shape index (κ3) is 2.14. The Labute approximate surface area is 121 Å². The maximum atomic E-state index is 13.3. The van der Waals surface area contributed by atoms with Crippen molar-refractivity contribution in [3.8, 4) is 0 Å². The lowest BCUT2D eigenvalue weighted by Gasteiger charge is -2.22. The molecule has 2 saturated carbocycles. The van der Waals surface area contributed by atoms with Gasteiger partial charge in [0.1, 0.15) is 0 Å². The highest BCUT2D eigenvalue weighted by Gasteiger charge is 2.73. The minimum Gasteiger partial charge on any atom is -0.349 e. The van der Waals surface area contributed by atoms with E-state index < -0.39 is 39.9 Å². The number of hydrogen-bond donors (Lipinski definition) is 1. The summed E-state index contributed by atoms with van der Waals surface area (Å²) >= 11 is 0. The molecule has 1 amide bonds. The summed E-state index contributed by atoms with van der Waals surface area (Å²) in [4.78, 5) is 12.2. The van der Waals surface area contributed by atoms with Gasteiger partial charge in [-0.25, -0.2) is 8.78 Å². The van der Waals surface area contributed by atoms with Gasteiger partial charge in [-0.15, -0.1) is 4.40 Å². The molecule has 0 aromatic heterocycles. The highest BCUT2D eigenvalue weighted by molar-refractivity contribution is 7.88. The SMILES string of the molecule is CC1=NS(=O)(=O)N(C)C=C1C(=O)NC1CCC2C1C2(F)F. The van der Waals surface area contributed by atoms with Gasteiger partial charge in [0.2, 0.25) is 0 Å². The van der Waals surface area contributed by atoms with E-state index in [0.717, 1.165) is 10.5 Å². The molecule has 0 saturated heterocycles. The average molecular weight is 319 g/mol. The molecule has 116 valence electrons. The maximum Gasteiger partial charge on any atom is 0.344 e. The molecule has 0 aromatic rings. The van der Waals surface area contributed by atoms with Crippen LogP contribution in [-0.4, -0.2) is 43.4 Å². The number of alkyl halides is 2. The van der Waals surface area contributed by atoms with E-state index in [4.69, 9.17) is 0 Å². The minimum atomic E-state index is -3.78. The highest BCUT2D eigenvalue weighted by atomic mass is 32.2. The van der Waals surface area contributed by atoms with Gasteiger partial charge >= 0.3 is 10.2 Å². The van der Waals surface area contributed by atoms with E-state index in [1.54, 1.807) is 0 Å². The molecule has 2 aliphatic carbocycles. The van der Waals surface area contributed by atoms with Crippen LogP contribution < -0.4 is 5.32 Å². The second-order valence-corrected chi connectivity index (χ2v) is 7.33. The summed E-state index contributed by atoms with van der Waals surface area (Å²) in [5.41, 5.74) is 0.141. The molecule has 21 heavy (non-hydrogen) atoms. The second-order valence-electron chi connectivity index (χ2n) is 5.68. The zero-order valence-corrected chi connectivity index (χ0v) is 12.3. The molecule has 6 nitrogen and oxygen atoms in total. The summed E-state index contributed by atoms with van der Waals surface area (Å²) in [6.45, 7) is 1.40. The molecule has 3 rings (SSSR count). The van der Waals surface area contributed by atoms with E-state index in [1.807, 2.05) is 0 Å². The van der Waals surface area contributed by atoms with Crippen LogP contribution in [0.25, 0.3) is 0 Å². The zero-order chi connectivity index (χ0) is 15.6. The first-order chi connectivity index (χ1) is 9.64. The molecule has 0 radical (unpaired) electrons. The number of halogens is 2. The van der Waals surface area contributed by atoms with Gasteiger partial charge in [0, 0.05) is 25.2 Å². The fourth-order valence-corrected chi connectivity index (χ4v) is 3.95. The van der Waals surface area contributed by atoms with Gasteiger partial charge in [0.15, 0.2) is 0 Å². The third-order valence-corrected chi connectivity index (χ3v) is 5.70. The Morgan fingerprint density at radius 2 is 2.14 bits per heavy atom. The normalized spacial score (nSPS) is 35.6. The summed E-state index contributed by atoms with van der Waals surface area (Å²) in [6.07, 6.45) is 2.09.